The number of aromatic amines is 1. The van der Waals surface area contributed by atoms with E-state index in [0.29, 0.717) is 18.1 Å². The van der Waals surface area contributed by atoms with Gasteiger partial charge in [-0.15, -0.1) is 5.10 Å². The van der Waals surface area contributed by atoms with Crippen molar-refractivity contribution in [3.05, 3.63) is 81.0 Å². The number of aromatic nitrogens is 3. The summed E-state index contributed by atoms with van der Waals surface area (Å²) in [6.07, 6.45) is 0.674. The van der Waals surface area contributed by atoms with Crippen LogP contribution in [0.5, 0.6) is 0 Å². The van der Waals surface area contributed by atoms with Gasteiger partial charge in [0.2, 0.25) is 5.91 Å². The van der Waals surface area contributed by atoms with Gasteiger partial charge >= 0.3 is 5.69 Å². The summed E-state index contributed by atoms with van der Waals surface area (Å²) in [5, 5.41) is 7.15. The number of carbonyl (C=O) groups excluding carboxylic acids is 1. The van der Waals surface area contributed by atoms with E-state index < -0.39 is 5.82 Å². The monoisotopic (exact) mass is 434 g/mol. The molecule has 1 aromatic heterocycles. The van der Waals surface area contributed by atoms with Crippen LogP contribution >= 0.6 is 23.4 Å². The standard InChI is InChI=1S/C20H20ClFN4O2S/c1-25(12-15-16(21)8-5-9-17(15)22)18(27)13-29-20-24-23-19(28)26(20)11-10-14-6-3-2-4-7-14/h2-9H,10-13H2,1H3,(H,23,28). The number of amides is 1. The molecule has 0 saturated carbocycles. The smallest absolute Gasteiger partial charge is 0.341 e. The molecule has 29 heavy (non-hydrogen) atoms. The first kappa shape index (κ1) is 21.1. The van der Waals surface area contributed by atoms with Gasteiger partial charge in [-0.3, -0.25) is 9.36 Å². The molecule has 0 saturated heterocycles. The Morgan fingerprint density at radius 2 is 2.00 bits per heavy atom. The predicted octanol–water partition coefficient (Wildman–Crippen LogP) is 3.36. The van der Waals surface area contributed by atoms with E-state index in [1.165, 1.54) is 21.6 Å². The topological polar surface area (TPSA) is 71.0 Å². The van der Waals surface area contributed by atoms with Gasteiger partial charge < -0.3 is 4.90 Å². The van der Waals surface area contributed by atoms with Crippen LogP contribution in [0.15, 0.2) is 58.5 Å². The molecule has 0 radical (unpaired) electrons. The number of thioether (sulfide) groups is 1. The molecular weight excluding hydrogens is 415 g/mol. The quantitative estimate of drug-likeness (QED) is 0.552. The molecule has 0 fully saturated rings. The van der Waals surface area contributed by atoms with Crippen LogP contribution in [0, 0.1) is 5.82 Å². The summed E-state index contributed by atoms with van der Waals surface area (Å²) in [7, 11) is 1.58. The second-order valence-corrected chi connectivity index (χ2v) is 7.79. The lowest BCUT2D eigenvalue weighted by Crippen LogP contribution is -2.28. The second kappa shape index (κ2) is 9.76. The first-order valence-corrected chi connectivity index (χ1v) is 10.3. The van der Waals surface area contributed by atoms with Gasteiger partial charge in [0.1, 0.15) is 5.82 Å². The van der Waals surface area contributed by atoms with Crippen molar-refractivity contribution in [2.45, 2.75) is 24.7 Å². The first-order chi connectivity index (χ1) is 14.0. The highest BCUT2D eigenvalue weighted by Gasteiger charge is 2.17. The zero-order chi connectivity index (χ0) is 20.8. The summed E-state index contributed by atoms with van der Waals surface area (Å²) in [6, 6.07) is 14.2. The molecular formula is C20H20ClFN4O2S. The van der Waals surface area contributed by atoms with E-state index in [0.717, 1.165) is 17.3 Å². The normalized spacial score (nSPS) is 10.9. The lowest BCUT2D eigenvalue weighted by Gasteiger charge is -2.18. The highest BCUT2D eigenvalue weighted by atomic mass is 35.5. The number of nitrogens with zero attached hydrogens (tertiary/aromatic N) is 3. The Morgan fingerprint density at radius 3 is 2.72 bits per heavy atom. The maximum Gasteiger partial charge on any atom is 0.343 e. The molecule has 0 unspecified atom stereocenters. The van der Waals surface area contributed by atoms with Gasteiger partial charge in [-0.1, -0.05) is 59.8 Å². The van der Waals surface area contributed by atoms with Crippen molar-refractivity contribution in [1.29, 1.82) is 0 Å². The summed E-state index contributed by atoms with van der Waals surface area (Å²) in [4.78, 5) is 25.9. The molecule has 9 heteroatoms. The summed E-state index contributed by atoms with van der Waals surface area (Å²) in [5.74, 6) is -0.607. The van der Waals surface area contributed by atoms with E-state index in [9.17, 15) is 14.0 Å². The van der Waals surface area contributed by atoms with E-state index in [-0.39, 0.29) is 34.5 Å². The molecule has 0 spiro atoms. The van der Waals surface area contributed by atoms with Gasteiger partial charge in [0.05, 0.1) is 5.75 Å². The summed E-state index contributed by atoms with van der Waals surface area (Å²) < 4.78 is 15.4. The van der Waals surface area contributed by atoms with Gasteiger partial charge in [-0.25, -0.2) is 14.3 Å². The van der Waals surface area contributed by atoms with Crippen molar-refractivity contribution in [1.82, 2.24) is 19.7 Å². The predicted molar refractivity (Wildman–Crippen MR) is 112 cm³/mol. The Balaban J connectivity index is 1.59. The third-order valence-electron chi connectivity index (χ3n) is 4.40. The van der Waals surface area contributed by atoms with Crippen molar-refractivity contribution in [2.24, 2.45) is 0 Å². The fraction of sp³-hybridized carbons (Fsp3) is 0.250. The fourth-order valence-electron chi connectivity index (χ4n) is 2.74. The number of halogens is 2. The van der Waals surface area contributed by atoms with Crippen LogP contribution in [-0.2, 0) is 24.3 Å². The Bertz CT molecular complexity index is 1020. The van der Waals surface area contributed by atoms with Crippen molar-refractivity contribution in [3.8, 4) is 0 Å². The van der Waals surface area contributed by atoms with E-state index in [1.807, 2.05) is 30.3 Å². The number of hydrogen-bond acceptors (Lipinski definition) is 4. The maximum atomic E-state index is 13.9. The van der Waals surface area contributed by atoms with Gasteiger partial charge in [-0.2, -0.15) is 0 Å². The minimum Gasteiger partial charge on any atom is -0.341 e. The molecule has 1 N–H and O–H groups in total. The molecule has 0 aliphatic rings. The van der Waals surface area contributed by atoms with Crippen molar-refractivity contribution in [3.63, 3.8) is 0 Å². The van der Waals surface area contributed by atoms with E-state index in [4.69, 9.17) is 11.6 Å². The number of aryl methyl sites for hydroxylation is 1. The molecule has 0 bridgehead atoms. The fourth-order valence-corrected chi connectivity index (χ4v) is 3.88. The third-order valence-corrected chi connectivity index (χ3v) is 5.71. The number of rotatable bonds is 8. The van der Waals surface area contributed by atoms with E-state index in [2.05, 4.69) is 10.2 Å². The van der Waals surface area contributed by atoms with Crippen LogP contribution < -0.4 is 5.69 Å². The summed E-state index contributed by atoms with van der Waals surface area (Å²) in [6.45, 7) is 0.517. The molecule has 3 aromatic rings. The molecule has 1 heterocycles. The summed E-state index contributed by atoms with van der Waals surface area (Å²) >= 11 is 7.19. The van der Waals surface area contributed by atoms with Gasteiger partial charge in [0.25, 0.3) is 0 Å². The molecule has 0 aliphatic heterocycles. The van der Waals surface area contributed by atoms with Gasteiger partial charge in [-0.05, 0) is 24.1 Å². The molecule has 0 aliphatic carbocycles. The summed E-state index contributed by atoms with van der Waals surface area (Å²) in [5.41, 5.74) is 1.06. The number of nitrogens with one attached hydrogen (secondary N) is 1. The highest BCUT2D eigenvalue weighted by molar-refractivity contribution is 7.99. The number of benzene rings is 2. The van der Waals surface area contributed by atoms with Crippen molar-refractivity contribution >= 4 is 29.3 Å². The van der Waals surface area contributed by atoms with E-state index >= 15 is 0 Å². The number of carbonyl (C=O) groups is 1. The Kier molecular flexibility index (Phi) is 7.11. The number of H-pyrrole nitrogens is 1. The Morgan fingerprint density at radius 1 is 1.24 bits per heavy atom. The van der Waals surface area contributed by atoms with Crippen molar-refractivity contribution in [2.75, 3.05) is 12.8 Å². The average Bonchev–Trinajstić information content (AvgIpc) is 3.07. The van der Waals surface area contributed by atoms with E-state index in [1.54, 1.807) is 13.1 Å². The minimum atomic E-state index is -0.452. The second-order valence-electron chi connectivity index (χ2n) is 6.44. The Labute approximate surface area is 176 Å². The minimum absolute atomic E-state index is 0.0618. The lowest BCUT2D eigenvalue weighted by molar-refractivity contribution is -0.127. The molecule has 3 rings (SSSR count). The van der Waals surface area contributed by atoms with Crippen LogP contribution in [0.1, 0.15) is 11.1 Å². The average molecular weight is 435 g/mol. The number of hydrogen-bond donors (Lipinski definition) is 1. The molecule has 1 amide bonds. The van der Waals surface area contributed by atoms with Crippen LogP contribution in [0.3, 0.4) is 0 Å². The molecule has 2 aromatic carbocycles. The van der Waals surface area contributed by atoms with Crippen LogP contribution in [0.2, 0.25) is 5.02 Å². The molecule has 0 atom stereocenters. The molecule has 6 nitrogen and oxygen atoms in total. The van der Waals surface area contributed by atoms with Crippen LogP contribution in [-0.4, -0.2) is 38.4 Å². The zero-order valence-electron chi connectivity index (χ0n) is 15.8. The third kappa shape index (κ3) is 5.48. The highest BCUT2D eigenvalue weighted by Crippen LogP contribution is 2.21. The Hall–Kier alpha value is -2.58. The SMILES string of the molecule is CN(Cc1c(F)cccc1Cl)C(=O)CSc1n[nH]c(=O)n1CCc1ccccc1. The molecule has 152 valence electrons. The largest absolute Gasteiger partial charge is 0.343 e. The first-order valence-electron chi connectivity index (χ1n) is 8.94. The van der Waals surface area contributed by atoms with Crippen LogP contribution in [0.4, 0.5) is 4.39 Å². The van der Waals surface area contributed by atoms with Crippen molar-refractivity contribution < 1.29 is 9.18 Å². The van der Waals surface area contributed by atoms with Gasteiger partial charge in [0, 0.05) is 30.7 Å². The zero-order valence-corrected chi connectivity index (χ0v) is 17.3. The maximum absolute atomic E-state index is 13.9. The lowest BCUT2D eigenvalue weighted by atomic mass is 10.1. The van der Waals surface area contributed by atoms with Gasteiger partial charge in [0.15, 0.2) is 5.16 Å². The van der Waals surface area contributed by atoms with Crippen LogP contribution in [0.25, 0.3) is 0 Å².